The van der Waals surface area contributed by atoms with Crippen molar-refractivity contribution in [3.8, 4) is 5.75 Å². The summed E-state index contributed by atoms with van der Waals surface area (Å²) >= 11 is 6.18. The van der Waals surface area contributed by atoms with Gasteiger partial charge in [-0.15, -0.1) is 0 Å². The molecule has 0 bridgehead atoms. The molecule has 0 spiro atoms. The molecule has 0 fully saturated rings. The number of hydrogen-bond acceptors (Lipinski definition) is 2. The Balaban J connectivity index is 2.65. The second-order valence-electron chi connectivity index (χ2n) is 4.86. The molecule has 0 heterocycles. The van der Waals surface area contributed by atoms with Gasteiger partial charge in [0, 0.05) is 0 Å². The van der Waals surface area contributed by atoms with Gasteiger partial charge in [-0.25, -0.2) is 0 Å². The van der Waals surface area contributed by atoms with Gasteiger partial charge in [0.05, 0.1) is 11.1 Å². The van der Waals surface area contributed by atoms with Crippen molar-refractivity contribution in [1.82, 2.24) is 0 Å². The van der Waals surface area contributed by atoms with E-state index in [9.17, 15) is 0 Å². The van der Waals surface area contributed by atoms with E-state index < -0.39 is 0 Å². The van der Waals surface area contributed by atoms with Gasteiger partial charge in [-0.1, -0.05) is 31.5 Å². The summed E-state index contributed by atoms with van der Waals surface area (Å²) in [6.45, 7) is 7.09. The van der Waals surface area contributed by atoms with Gasteiger partial charge < -0.3 is 10.5 Å². The summed E-state index contributed by atoms with van der Waals surface area (Å²) in [5.74, 6) is 1.39. The van der Waals surface area contributed by atoms with Crippen LogP contribution in [-0.2, 0) is 6.42 Å². The van der Waals surface area contributed by atoms with Crippen molar-refractivity contribution in [1.29, 1.82) is 0 Å². The average Bonchev–Trinajstić information content (AvgIpc) is 2.21. The minimum atomic E-state index is 0.188. The number of benzene rings is 1. The quantitative estimate of drug-likeness (QED) is 0.842. The minimum Gasteiger partial charge on any atom is -0.489 e. The van der Waals surface area contributed by atoms with Crippen LogP contribution in [0.4, 0.5) is 0 Å². The molecule has 1 aromatic carbocycles. The highest BCUT2D eigenvalue weighted by atomic mass is 35.5. The van der Waals surface area contributed by atoms with Crippen LogP contribution in [0.5, 0.6) is 5.75 Å². The summed E-state index contributed by atoms with van der Waals surface area (Å²) in [6.07, 6.45) is 2.07. The van der Waals surface area contributed by atoms with Crippen molar-refractivity contribution in [2.75, 3.05) is 6.54 Å². The van der Waals surface area contributed by atoms with Crippen molar-refractivity contribution >= 4 is 11.6 Å². The Morgan fingerprint density at radius 2 is 2.00 bits per heavy atom. The van der Waals surface area contributed by atoms with E-state index in [0.29, 0.717) is 17.5 Å². The Morgan fingerprint density at radius 3 is 2.53 bits per heavy atom. The Hall–Kier alpha value is -0.730. The molecule has 1 unspecified atom stereocenters. The van der Waals surface area contributed by atoms with Gasteiger partial charge in [0.1, 0.15) is 5.75 Å². The van der Waals surface area contributed by atoms with Crippen LogP contribution in [0, 0.1) is 5.92 Å². The number of rotatable bonds is 6. The fourth-order valence-corrected chi connectivity index (χ4v) is 2.14. The maximum absolute atomic E-state index is 6.18. The van der Waals surface area contributed by atoms with Gasteiger partial charge in [-0.05, 0) is 49.9 Å². The van der Waals surface area contributed by atoms with E-state index >= 15 is 0 Å². The second-order valence-corrected chi connectivity index (χ2v) is 5.27. The second kappa shape index (κ2) is 6.87. The third kappa shape index (κ3) is 4.97. The molecule has 1 aromatic rings. The van der Waals surface area contributed by atoms with Crippen LogP contribution in [0.2, 0.25) is 5.02 Å². The largest absolute Gasteiger partial charge is 0.489 e. The maximum Gasteiger partial charge on any atom is 0.138 e. The van der Waals surface area contributed by atoms with Crippen LogP contribution in [-0.4, -0.2) is 12.6 Å². The highest BCUT2D eigenvalue weighted by Gasteiger charge is 2.09. The molecule has 0 saturated heterocycles. The van der Waals surface area contributed by atoms with Crippen LogP contribution in [0.1, 0.15) is 32.8 Å². The number of halogens is 1. The zero-order valence-corrected chi connectivity index (χ0v) is 11.6. The number of nitrogens with two attached hydrogens (primary N) is 1. The lowest BCUT2D eigenvalue weighted by Gasteiger charge is -2.17. The Labute approximate surface area is 109 Å². The van der Waals surface area contributed by atoms with Gasteiger partial charge in [0.25, 0.3) is 0 Å². The van der Waals surface area contributed by atoms with E-state index in [-0.39, 0.29) is 6.10 Å². The molecule has 1 rings (SSSR count). The first-order valence-corrected chi connectivity index (χ1v) is 6.56. The van der Waals surface area contributed by atoms with E-state index in [1.807, 2.05) is 18.2 Å². The first-order chi connectivity index (χ1) is 8.02. The molecule has 0 saturated carbocycles. The molecule has 2 N–H and O–H groups in total. The summed E-state index contributed by atoms with van der Waals surface area (Å²) in [4.78, 5) is 0. The lowest BCUT2D eigenvalue weighted by atomic mass is 10.1. The third-order valence-corrected chi connectivity index (χ3v) is 2.86. The molecule has 96 valence electrons. The number of ether oxygens (including phenoxy) is 1. The average molecular weight is 256 g/mol. The Morgan fingerprint density at radius 1 is 1.29 bits per heavy atom. The lowest BCUT2D eigenvalue weighted by molar-refractivity contribution is 0.193. The van der Waals surface area contributed by atoms with E-state index in [1.54, 1.807) is 0 Å². The van der Waals surface area contributed by atoms with E-state index in [1.165, 1.54) is 0 Å². The predicted octanol–water partition coefficient (Wildman–Crippen LogP) is 3.65. The van der Waals surface area contributed by atoms with Crippen LogP contribution >= 0.6 is 11.6 Å². The zero-order chi connectivity index (χ0) is 12.8. The van der Waals surface area contributed by atoms with Gasteiger partial charge in [0.15, 0.2) is 0 Å². The molecule has 0 radical (unpaired) electrons. The van der Waals surface area contributed by atoms with Crippen LogP contribution in [0.25, 0.3) is 0 Å². The lowest BCUT2D eigenvalue weighted by Crippen LogP contribution is -2.14. The smallest absolute Gasteiger partial charge is 0.138 e. The Kier molecular flexibility index (Phi) is 5.79. The van der Waals surface area contributed by atoms with Crippen LogP contribution in [0.3, 0.4) is 0 Å². The highest BCUT2D eigenvalue weighted by molar-refractivity contribution is 6.32. The monoisotopic (exact) mass is 255 g/mol. The van der Waals surface area contributed by atoms with E-state index in [0.717, 1.165) is 24.2 Å². The van der Waals surface area contributed by atoms with Gasteiger partial charge in [-0.2, -0.15) is 0 Å². The van der Waals surface area contributed by atoms with Crippen LogP contribution < -0.4 is 10.5 Å². The molecule has 0 aliphatic rings. The fourth-order valence-electron chi connectivity index (χ4n) is 1.89. The van der Waals surface area contributed by atoms with Crippen molar-refractivity contribution in [3.05, 3.63) is 28.8 Å². The van der Waals surface area contributed by atoms with E-state index in [2.05, 4.69) is 20.8 Å². The molecular weight excluding hydrogens is 234 g/mol. The molecular formula is C14H22ClNO. The normalized spacial score (nSPS) is 12.8. The molecule has 17 heavy (non-hydrogen) atoms. The molecule has 1 atom stereocenters. The van der Waals surface area contributed by atoms with Crippen molar-refractivity contribution in [2.24, 2.45) is 11.7 Å². The highest BCUT2D eigenvalue weighted by Crippen LogP contribution is 2.27. The summed E-state index contributed by atoms with van der Waals surface area (Å²) in [6, 6.07) is 5.90. The first kappa shape index (κ1) is 14.3. The van der Waals surface area contributed by atoms with Crippen molar-refractivity contribution in [2.45, 2.75) is 39.7 Å². The van der Waals surface area contributed by atoms with Gasteiger partial charge >= 0.3 is 0 Å². The molecule has 0 aliphatic heterocycles. The zero-order valence-electron chi connectivity index (χ0n) is 10.9. The van der Waals surface area contributed by atoms with Crippen molar-refractivity contribution < 1.29 is 4.74 Å². The summed E-state index contributed by atoms with van der Waals surface area (Å²) in [7, 11) is 0. The van der Waals surface area contributed by atoms with E-state index in [4.69, 9.17) is 22.1 Å². The molecule has 2 nitrogen and oxygen atoms in total. The fraction of sp³-hybridized carbons (Fsp3) is 0.571. The molecule has 0 aliphatic carbocycles. The summed E-state index contributed by atoms with van der Waals surface area (Å²) in [5, 5.41) is 0.673. The summed E-state index contributed by atoms with van der Waals surface area (Å²) < 4.78 is 5.83. The minimum absolute atomic E-state index is 0.188. The van der Waals surface area contributed by atoms with Gasteiger partial charge in [-0.3, -0.25) is 0 Å². The maximum atomic E-state index is 6.18. The summed E-state index contributed by atoms with van der Waals surface area (Å²) in [5.41, 5.74) is 6.66. The van der Waals surface area contributed by atoms with Gasteiger partial charge in [0.2, 0.25) is 0 Å². The molecule has 3 heteroatoms. The molecule has 0 amide bonds. The molecule has 0 aromatic heterocycles. The van der Waals surface area contributed by atoms with Crippen LogP contribution in [0.15, 0.2) is 18.2 Å². The first-order valence-electron chi connectivity index (χ1n) is 6.18. The van der Waals surface area contributed by atoms with Crippen molar-refractivity contribution in [3.63, 3.8) is 0 Å². The Bertz CT molecular complexity index is 352. The SMILES string of the molecule is CC(C)CC(C)Oc1ccc(CCN)cc1Cl. The predicted molar refractivity (Wildman–Crippen MR) is 73.8 cm³/mol. The topological polar surface area (TPSA) is 35.2 Å². The standard InChI is InChI=1S/C14H22ClNO/c1-10(2)8-11(3)17-14-5-4-12(6-7-16)9-13(14)15/h4-5,9-11H,6-8,16H2,1-3H3. The third-order valence-electron chi connectivity index (χ3n) is 2.56. The number of hydrogen-bond donors (Lipinski definition) is 1.